The summed E-state index contributed by atoms with van der Waals surface area (Å²) in [6, 6.07) is 12.1. The average Bonchev–Trinajstić information content (AvgIpc) is 2.82. The minimum absolute atomic E-state index is 0.100. The number of sulfonamides is 1. The zero-order valence-electron chi connectivity index (χ0n) is 22.2. The first kappa shape index (κ1) is 26.9. The van der Waals surface area contributed by atoms with Crippen molar-refractivity contribution in [2.45, 2.75) is 52.0 Å². The van der Waals surface area contributed by atoms with Crippen molar-refractivity contribution in [1.29, 1.82) is 0 Å². The number of fused-ring (bicyclic) bond motifs is 1. The molecular formula is C28H36N4O4S. The molecular weight excluding hydrogens is 488 g/mol. The van der Waals surface area contributed by atoms with Crippen LogP contribution >= 0.6 is 0 Å². The molecule has 8 nitrogen and oxygen atoms in total. The highest BCUT2D eigenvalue weighted by atomic mass is 32.2. The molecule has 1 saturated heterocycles. The maximum absolute atomic E-state index is 13.0. The number of nitrogens with zero attached hydrogens (tertiary/aromatic N) is 3. The molecule has 2 heterocycles. The van der Waals surface area contributed by atoms with Gasteiger partial charge in [0, 0.05) is 43.3 Å². The van der Waals surface area contributed by atoms with E-state index in [0.29, 0.717) is 34.2 Å². The van der Waals surface area contributed by atoms with Gasteiger partial charge in [0.2, 0.25) is 0 Å². The van der Waals surface area contributed by atoms with E-state index in [1.54, 1.807) is 43.3 Å². The number of carboxylic acid groups (broad SMARTS) is 1. The summed E-state index contributed by atoms with van der Waals surface area (Å²) >= 11 is 0. The molecule has 1 aromatic heterocycles. The summed E-state index contributed by atoms with van der Waals surface area (Å²) < 4.78 is 28.7. The Morgan fingerprint density at radius 1 is 1.03 bits per heavy atom. The van der Waals surface area contributed by atoms with Crippen LogP contribution in [0.5, 0.6) is 0 Å². The van der Waals surface area contributed by atoms with Crippen LogP contribution in [-0.4, -0.2) is 61.6 Å². The van der Waals surface area contributed by atoms with Gasteiger partial charge in [0.15, 0.2) is 0 Å². The van der Waals surface area contributed by atoms with E-state index in [9.17, 15) is 18.3 Å². The number of benzene rings is 2. The molecule has 3 aromatic rings. The van der Waals surface area contributed by atoms with Crippen molar-refractivity contribution in [2.24, 2.45) is 5.92 Å². The van der Waals surface area contributed by atoms with Crippen LogP contribution in [0.3, 0.4) is 0 Å². The quantitative estimate of drug-likeness (QED) is 0.432. The molecule has 0 saturated carbocycles. The molecule has 0 amide bonds. The van der Waals surface area contributed by atoms with Crippen molar-refractivity contribution in [3.63, 3.8) is 0 Å². The van der Waals surface area contributed by atoms with Crippen molar-refractivity contribution in [3.8, 4) is 0 Å². The Morgan fingerprint density at radius 3 is 2.35 bits per heavy atom. The number of hydrogen-bond acceptors (Lipinski definition) is 6. The normalized spacial score (nSPS) is 15.8. The predicted octanol–water partition coefficient (Wildman–Crippen LogP) is 4.91. The Hall–Kier alpha value is -3.17. The van der Waals surface area contributed by atoms with Crippen molar-refractivity contribution < 1.29 is 18.3 Å². The van der Waals surface area contributed by atoms with Crippen LogP contribution in [0.1, 0.15) is 48.7 Å². The highest BCUT2D eigenvalue weighted by Crippen LogP contribution is 2.29. The van der Waals surface area contributed by atoms with Gasteiger partial charge in [-0.25, -0.2) is 18.2 Å². The molecule has 1 aliphatic rings. The van der Waals surface area contributed by atoms with E-state index in [1.807, 2.05) is 13.0 Å². The lowest BCUT2D eigenvalue weighted by Crippen LogP contribution is -2.50. The Kier molecular flexibility index (Phi) is 7.75. The van der Waals surface area contributed by atoms with Crippen molar-refractivity contribution in [2.75, 3.05) is 35.8 Å². The molecule has 1 fully saturated rings. The number of piperazine rings is 1. The molecule has 2 aromatic carbocycles. The minimum Gasteiger partial charge on any atom is -0.478 e. The van der Waals surface area contributed by atoms with Crippen molar-refractivity contribution in [1.82, 2.24) is 9.88 Å². The number of carboxylic acids is 1. The maximum Gasteiger partial charge on any atom is 0.336 e. The van der Waals surface area contributed by atoms with Crippen LogP contribution in [0.2, 0.25) is 0 Å². The van der Waals surface area contributed by atoms with E-state index in [1.165, 1.54) is 0 Å². The van der Waals surface area contributed by atoms with Gasteiger partial charge < -0.3 is 10.0 Å². The predicted molar refractivity (Wildman–Crippen MR) is 148 cm³/mol. The number of anilines is 2. The first-order chi connectivity index (χ1) is 17.4. The number of aryl methyl sites for hydroxylation is 2. The lowest BCUT2D eigenvalue weighted by Gasteiger charge is -2.39. The van der Waals surface area contributed by atoms with Gasteiger partial charge in [-0.15, -0.1) is 0 Å². The topological polar surface area (TPSA) is 103 Å². The zero-order valence-corrected chi connectivity index (χ0v) is 23.0. The number of carbonyl (C=O) groups is 1. The molecule has 1 atom stereocenters. The fourth-order valence-corrected chi connectivity index (χ4v) is 6.43. The molecule has 0 aliphatic carbocycles. The smallest absolute Gasteiger partial charge is 0.336 e. The number of aromatic nitrogens is 1. The van der Waals surface area contributed by atoms with Crippen LogP contribution < -0.4 is 9.62 Å². The summed E-state index contributed by atoms with van der Waals surface area (Å²) in [5.41, 5.74) is 2.52. The highest BCUT2D eigenvalue weighted by Gasteiger charge is 2.24. The van der Waals surface area contributed by atoms with Gasteiger partial charge in [-0.2, -0.15) is 0 Å². The van der Waals surface area contributed by atoms with Crippen LogP contribution in [0, 0.1) is 19.8 Å². The fourth-order valence-electron chi connectivity index (χ4n) is 5.15. The molecule has 0 unspecified atom stereocenters. The molecule has 37 heavy (non-hydrogen) atoms. The molecule has 0 spiro atoms. The number of pyridine rings is 1. The Balaban J connectivity index is 1.59. The summed E-state index contributed by atoms with van der Waals surface area (Å²) in [7, 11) is -3.84. The lowest BCUT2D eigenvalue weighted by molar-refractivity contribution is 0.0699. The van der Waals surface area contributed by atoms with Crippen molar-refractivity contribution >= 4 is 38.4 Å². The van der Waals surface area contributed by atoms with E-state index < -0.39 is 16.0 Å². The van der Waals surface area contributed by atoms with Gasteiger partial charge in [-0.1, -0.05) is 31.5 Å². The van der Waals surface area contributed by atoms with Gasteiger partial charge >= 0.3 is 5.97 Å². The summed E-state index contributed by atoms with van der Waals surface area (Å²) in [5.74, 6) is 0.195. The molecule has 9 heteroatoms. The molecule has 1 aliphatic heterocycles. The van der Waals surface area contributed by atoms with E-state index in [4.69, 9.17) is 4.98 Å². The molecule has 4 rings (SSSR count). The second kappa shape index (κ2) is 10.7. The largest absolute Gasteiger partial charge is 0.478 e. The minimum atomic E-state index is -3.84. The van der Waals surface area contributed by atoms with Crippen LogP contribution in [0.15, 0.2) is 47.4 Å². The first-order valence-electron chi connectivity index (χ1n) is 12.7. The van der Waals surface area contributed by atoms with Crippen LogP contribution in [0.4, 0.5) is 11.5 Å². The summed E-state index contributed by atoms with van der Waals surface area (Å²) in [4.78, 5) is 21.7. The summed E-state index contributed by atoms with van der Waals surface area (Å²) in [6.45, 7) is 13.7. The van der Waals surface area contributed by atoms with Gasteiger partial charge in [-0.05, 0) is 69.0 Å². The zero-order chi connectivity index (χ0) is 26.9. The highest BCUT2D eigenvalue weighted by molar-refractivity contribution is 7.92. The third-order valence-electron chi connectivity index (χ3n) is 6.97. The van der Waals surface area contributed by atoms with Gasteiger partial charge in [0.25, 0.3) is 10.0 Å². The number of hydrogen-bond donors (Lipinski definition) is 2. The standard InChI is InChI=1S/C28H36N4O4S/c1-18(2)14-21(5)31-10-12-32(13-11-31)27-17-24(28(33)34)23-16-22(7-8-25(23)29-27)30-37(35,36)26-9-6-19(3)15-20(26)4/h6-9,15-18,21,30H,10-14H2,1-5H3,(H,33,34)/t21-/m0/s1. The molecule has 2 N–H and O–H groups in total. The number of nitrogens with one attached hydrogen (secondary N) is 1. The average molecular weight is 525 g/mol. The molecule has 0 radical (unpaired) electrons. The summed E-state index contributed by atoms with van der Waals surface area (Å²) in [5, 5.41) is 10.4. The maximum atomic E-state index is 13.0. The Bertz CT molecular complexity index is 1410. The van der Waals surface area contributed by atoms with Gasteiger partial charge in [0.1, 0.15) is 5.82 Å². The van der Waals surface area contributed by atoms with Crippen LogP contribution in [0.25, 0.3) is 10.9 Å². The van der Waals surface area contributed by atoms with E-state index in [0.717, 1.165) is 38.2 Å². The van der Waals surface area contributed by atoms with E-state index >= 15 is 0 Å². The lowest BCUT2D eigenvalue weighted by atomic mass is 10.0. The SMILES string of the molecule is Cc1ccc(S(=O)(=O)Nc2ccc3nc(N4CCN([C@@H](C)CC(C)C)CC4)cc(C(=O)O)c3c2)c(C)c1. The van der Waals surface area contributed by atoms with Gasteiger partial charge in [-0.3, -0.25) is 9.62 Å². The first-order valence-corrected chi connectivity index (χ1v) is 14.2. The number of rotatable bonds is 8. The third-order valence-corrected chi connectivity index (χ3v) is 8.51. The van der Waals surface area contributed by atoms with E-state index in [2.05, 4.69) is 35.3 Å². The summed E-state index contributed by atoms with van der Waals surface area (Å²) in [6.07, 6.45) is 1.15. The fraction of sp³-hybridized carbons (Fsp3) is 0.429. The van der Waals surface area contributed by atoms with E-state index in [-0.39, 0.29) is 16.1 Å². The Labute approximate surface area is 219 Å². The molecule has 198 valence electrons. The Morgan fingerprint density at radius 2 is 1.73 bits per heavy atom. The molecule has 0 bridgehead atoms. The second-order valence-electron chi connectivity index (χ2n) is 10.4. The van der Waals surface area contributed by atoms with Gasteiger partial charge in [0.05, 0.1) is 16.0 Å². The monoisotopic (exact) mass is 524 g/mol. The van der Waals surface area contributed by atoms with Crippen LogP contribution in [-0.2, 0) is 10.0 Å². The number of aromatic carboxylic acids is 1. The van der Waals surface area contributed by atoms with Crippen molar-refractivity contribution in [3.05, 3.63) is 59.2 Å². The second-order valence-corrected chi connectivity index (χ2v) is 12.1. The third kappa shape index (κ3) is 6.05.